The molecule has 8 nitrogen and oxygen atoms in total. The van der Waals surface area contributed by atoms with Crippen LogP contribution in [0.1, 0.15) is 11.3 Å². The van der Waals surface area contributed by atoms with E-state index in [0.717, 1.165) is 18.0 Å². The van der Waals surface area contributed by atoms with E-state index in [1.807, 2.05) is 30.3 Å². The molecule has 0 aliphatic carbocycles. The van der Waals surface area contributed by atoms with Gasteiger partial charge in [0.1, 0.15) is 22.9 Å². The van der Waals surface area contributed by atoms with E-state index in [1.165, 1.54) is 11.8 Å². The van der Waals surface area contributed by atoms with Crippen molar-refractivity contribution in [2.45, 2.75) is 18.0 Å². The van der Waals surface area contributed by atoms with Gasteiger partial charge in [0, 0.05) is 56.7 Å². The zero-order valence-corrected chi connectivity index (χ0v) is 18.9. The lowest BCUT2D eigenvalue weighted by Crippen LogP contribution is -2.48. The van der Waals surface area contributed by atoms with Crippen LogP contribution in [-0.2, 0) is 23.2 Å². The Balaban J connectivity index is 1.16. The number of hydrogen-bond donors (Lipinski definition) is 1. The van der Waals surface area contributed by atoms with E-state index in [0.29, 0.717) is 48.7 Å². The molecular formula is C24H25N5O3S. The summed E-state index contributed by atoms with van der Waals surface area (Å²) in [4.78, 5) is 14.0. The van der Waals surface area contributed by atoms with Gasteiger partial charge in [-0.15, -0.1) is 0 Å². The lowest BCUT2D eigenvalue weighted by atomic mass is 10.2. The van der Waals surface area contributed by atoms with Gasteiger partial charge in [0.05, 0.1) is 5.69 Å². The second-order valence-corrected chi connectivity index (χ2v) is 9.89. The molecule has 5 rings (SSSR count). The number of benzene rings is 1. The Morgan fingerprint density at radius 3 is 2.45 bits per heavy atom. The average molecular weight is 464 g/mol. The highest BCUT2D eigenvalue weighted by Gasteiger charge is 2.30. The van der Waals surface area contributed by atoms with Crippen LogP contribution in [0.2, 0.25) is 0 Å². The van der Waals surface area contributed by atoms with Gasteiger partial charge in [0.25, 0.3) is 0 Å². The minimum atomic E-state index is -3.56. The third-order valence-electron chi connectivity index (χ3n) is 5.80. The molecule has 1 fully saturated rings. The van der Waals surface area contributed by atoms with E-state index in [4.69, 9.17) is 4.74 Å². The fourth-order valence-electron chi connectivity index (χ4n) is 4.00. The minimum Gasteiger partial charge on any atom is -0.487 e. The zero-order valence-electron chi connectivity index (χ0n) is 18.1. The Bertz CT molecular complexity index is 1320. The predicted molar refractivity (Wildman–Crippen MR) is 125 cm³/mol. The first-order chi connectivity index (χ1) is 16.1. The van der Waals surface area contributed by atoms with Crippen LogP contribution in [0.3, 0.4) is 0 Å². The van der Waals surface area contributed by atoms with Crippen LogP contribution >= 0.6 is 0 Å². The van der Waals surface area contributed by atoms with E-state index >= 15 is 0 Å². The highest BCUT2D eigenvalue weighted by molar-refractivity contribution is 7.89. The number of pyridine rings is 2. The topological polar surface area (TPSA) is 91.4 Å². The van der Waals surface area contributed by atoms with Crippen molar-refractivity contribution in [2.24, 2.45) is 0 Å². The molecule has 0 spiro atoms. The summed E-state index contributed by atoms with van der Waals surface area (Å²) in [6.07, 6.45) is 4.94. The van der Waals surface area contributed by atoms with E-state index < -0.39 is 10.0 Å². The van der Waals surface area contributed by atoms with E-state index in [9.17, 15) is 8.42 Å². The molecule has 0 saturated carbocycles. The van der Waals surface area contributed by atoms with Crippen LogP contribution in [0.5, 0.6) is 5.75 Å². The monoisotopic (exact) mass is 463 g/mol. The molecule has 1 aliphatic rings. The third kappa shape index (κ3) is 4.75. The molecule has 170 valence electrons. The van der Waals surface area contributed by atoms with Gasteiger partial charge in [-0.2, -0.15) is 4.31 Å². The van der Waals surface area contributed by atoms with E-state index in [1.54, 1.807) is 28.8 Å². The van der Waals surface area contributed by atoms with Crippen LogP contribution < -0.4 is 4.74 Å². The first-order valence-electron chi connectivity index (χ1n) is 10.9. The Morgan fingerprint density at radius 2 is 1.70 bits per heavy atom. The summed E-state index contributed by atoms with van der Waals surface area (Å²) < 4.78 is 33.7. The fraction of sp³-hybridized carbons (Fsp3) is 0.250. The second kappa shape index (κ2) is 9.30. The van der Waals surface area contributed by atoms with Crippen molar-refractivity contribution in [3.8, 4) is 5.75 Å². The van der Waals surface area contributed by atoms with Crippen molar-refractivity contribution in [1.29, 1.82) is 0 Å². The Labute approximate surface area is 192 Å². The number of H-pyrrole nitrogens is 1. The maximum absolute atomic E-state index is 13.2. The van der Waals surface area contributed by atoms with E-state index in [2.05, 4.69) is 32.0 Å². The molecule has 33 heavy (non-hydrogen) atoms. The molecule has 0 bridgehead atoms. The number of fused-ring (bicyclic) bond motifs is 1. The molecule has 1 N–H and O–H groups in total. The maximum atomic E-state index is 13.2. The summed E-state index contributed by atoms with van der Waals surface area (Å²) in [6, 6.07) is 17.3. The molecule has 9 heteroatoms. The zero-order chi connectivity index (χ0) is 22.7. The summed E-state index contributed by atoms with van der Waals surface area (Å²) in [6.45, 7) is 3.48. The summed E-state index contributed by atoms with van der Waals surface area (Å²) in [5, 5.41) is 0.630. The van der Waals surface area contributed by atoms with Crippen LogP contribution in [-0.4, -0.2) is 58.8 Å². The molecule has 1 saturated heterocycles. The van der Waals surface area contributed by atoms with Gasteiger partial charge in [-0.3, -0.25) is 9.88 Å². The number of rotatable bonds is 7. The first-order valence-corrected chi connectivity index (χ1v) is 12.3. The third-order valence-corrected chi connectivity index (χ3v) is 7.74. The van der Waals surface area contributed by atoms with Gasteiger partial charge < -0.3 is 9.72 Å². The number of aromatic nitrogens is 3. The fourth-order valence-corrected chi connectivity index (χ4v) is 5.57. The number of nitrogens with zero attached hydrogens (tertiary/aromatic N) is 4. The van der Waals surface area contributed by atoms with Gasteiger partial charge in [0.15, 0.2) is 0 Å². The Kier molecular flexibility index (Phi) is 6.08. The van der Waals surface area contributed by atoms with Crippen molar-refractivity contribution in [3.63, 3.8) is 0 Å². The van der Waals surface area contributed by atoms with Crippen LogP contribution in [0.25, 0.3) is 11.0 Å². The molecule has 1 aliphatic heterocycles. The average Bonchev–Trinajstić information content (AvgIpc) is 3.30. The van der Waals surface area contributed by atoms with Gasteiger partial charge in [-0.25, -0.2) is 13.4 Å². The number of ether oxygens (including phenoxy) is 1. The normalized spacial score (nSPS) is 15.6. The Hall–Kier alpha value is -3.27. The van der Waals surface area contributed by atoms with E-state index in [-0.39, 0.29) is 0 Å². The molecular weight excluding hydrogens is 438 g/mol. The summed E-state index contributed by atoms with van der Waals surface area (Å²) in [5.74, 6) is 0.800. The van der Waals surface area contributed by atoms with Gasteiger partial charge in [-0.1, -0.05) is 18.2 Å². The number of sulfonamides is 1. The maximum Gasteiger partial charge on any atom is 0.245 e. The number of hydrogen-bond acceptors (Lipinski definition) is 6. The lowest BCUT2D eigenvalue weighted by molar-refractivity contribution is 0.181. The Morgan fingerprint density at radius 1 is 0.909 bits per heavy atom. The smallest absolute Gasteiger partial charge is 0.245 e. The lowest BCUT2D eigenvalue weighted by Gasteiger charge is -2.33. The molecule has 4 heterocycles. The highest BCUT2D eigenvalue weighted by Crippen LogP contribution is 2.25. The SMILES string of the molecule is O=S(=O)(c1c[nH]c2ncccc12)N1CCN(Cc2ccc(OCc3ccccn3)cc2)CC1. The molecule has 0 atom stereocenters. The first kappa shape index (κ1) is 21.6. The number of piperazine rings is 1. The number of aromatic amines is 1. The minimum absolute atomic E-state index is 0.292. The molecule has 4 aromatic rings. The molecule has 1 aromatic carbocycles. The van der Waals surface area contributed by atoms with Crippen LogP contribution in [0.15, 0.2) is 78.1 Å². The molecule has 3 aromatic heterocycles. The van der Waals surface area contributed by atoms with Gasteiger partial charge >= 0.3 is 0 Å². The summed E-state index contributed by atoms with van der Waals surface area (Å²) in [5.41, 5.74) is 2.64. The van der Waals surface area contributed by atoms with Crippen LogP contribution in [0.4, 0.5) is 0 Å². The van der Waals surface area contributed by atoms with Crippen molar-refractivity contribution < 1.29 is 13.2 Å². The quantitative estimate of drug-likeness (QED) is 0.453. The van der Waals surface area contributed by atoms with Crippen LogP contribution in [0, 0.1) is 0 Å². The molecule has 0 amide bonds. The largest absolute Gasteiger partial charge is 0.487 e. The summed E-state index contributed by atoms with van der Waals surface area (Å²) >= 11 is 0. The van der Waals surface area contributed by atoms with Gasteiger partial charge in [-0.05, 0) is 42.0 Å². The molecule has 0 radical (unpaired) electrons. The number of nitrogens with one attached hydrogen (secondary N) is 1. The predicted octanol–water partition coefficient (Wildman–Crippen LogP) is 3.04. The summed E-state index contributed by atoms with van der Waals surface area (Å²) in [7, 11) is -3.56. The van der Waals surface area contributed by atoms with Crippen molar-refractivity contribution >= 4 is 21.1 Å². The standard InChI is InChI=1S/C24H25N5O3S/c30-33(31,23-16-27-24-22(23)5-3-11-26-24)29-14-12-28(13-15-29)17-19-6-8-21(9-7-19)32-18-20-4-1-2-10-25-20/h1-11,16H,12-15,17-18H2,(H,26,27). The second-order valence-electron chi connectivity index (χ2n) is 7.99. The van der Waals surface area contributed by atoms with Gasteiger partial charge in [0.2, 0.25) is 10.0 Å². The van der Waals surface area contributed by atoms with Crippen molar-refractivity contribution in [3.05, 3.63) is 84.4 Å². The van der Waals surface area contributed by atoms with Crippen molar-refractivity contribution in [2.75, 3.05) is 26.2 Å². The molecule has 0 unspecified atom stereocenters. The highest BCUT2D eigenvalue weighted by atomic mass is 32.2. The van der Waals surface area contributed by atoms with Crippen molar-refractivity contribution in [1.82, 2.24) is 24.2 Å².